The SMILES string of the molecule is CC1(C)CCCCC1n1ncc(Cl)c1N. The highest BCUT2D eigenvalue weighted by atomic mass is 35.5. The minimum absolute atomic E-state index is 0.266. The van der Waals surface area contributed by atoms with Crippen LogP contribution in [0.2, 0.25) is 5.02 Å². The van der Waals surface area contributed by atoms with Crippen LogP contribution in [-0.2, 0) is 0 Å². The molecule has 1 aromatic heterocycles. The van der Waals surface area contributed by atoms with Crippen LogP contribution in [0.3, 0.4) is 0 Å². The number of halogens is 1. The molecule has 2 N–H and O–H groups in total. The van der Waals surface area contributed by atoms with E-state index in [2.05, 4.69) is 18.9 Å². The maximum Gasteiger partial charge on any atom is 0.140 e. The predicted octanol–water partition coefficient (Wildman–Crippen LogP) is 3.26. The van der Waals surface area contributed by atoms with Gasteiger partial charge >= 0.3 is 0 Å². The van der Waals surface area contributed by atoms with Crippen molar-refractivity contribution < 1.29 is 0 Å². The van der Waals surface area contributed by atoms with Crippen LogP contribution in [0.5, 0.6) is 0 Å². The number of hydrogen-bond donors (Lipinski definition) is 1. The second-order valence-electron chi connectivity index (χ2n) is 5.07. The first kappa shape index (κ1) is 10.8. The molecule has 0 saturated heterocycles. The molecule has 1 aromatic rings. The zero-order valence-electron chi connectivity index (χ0n) is 9.33. The molecular weight excluding hydrogens is 210 g/mol. The average molecular weight is 228 g/mol. The van der Waals surface area contributed by atoms with Crippen LogP contribution < -0.4 is 5.73 Å². The first-order valence-corrected chi connectivity index (χ1v) is 5.88. The van der Waals surface area contributed by atoms with E-state index in [1.54, 1.807) is 6.20 Å². The second kappa shape index (κ2) is 3.71. The third kappa shape index (κ3) is 1.85. The van der Waals surface area contributed by atoms with Crippen molar-refractivity contribution in [2.24, 2.45) is 5.41 Å². The molecule has 1 heterocycles. The molecule has 1 saturated carbocycles. The van der Waals surface area contributed by atoms with Crippen molar-refractivity contribution in [3.05, 3.63) is 11.2 Å². The van der Waals surface area contributed by atoms with Gasteiger partial charge in [0.1, 0.15) is 10.8 Å². The number of nitrogen functional groups attached to an aromatic ring is 1. The van der Waals surface area contributed by atoms with Gasteiger partial charge in [0.25, 0.3) is 0 Å². The van der Waals surface area contributed by atoms with Crippen LogP contribution in [-0.4, -0.2) is 9.78 Å². The van der Waals surface area contributed by atoms with E-state index in [4.69, 9.17) is 17.3 Å². The summed E-state index contributed by atoms with van der Waals surface area (Å²) in [7, 11) is 0. The lowest BCUT2D eigenvalue weighted by molar-refractivity contribution is 0.135. The summed E-state index contributed by atoms with van der Waals surface area (Å²) in [6, 6.07) is 0.388. The normalized spacial score (nSPS) is 25.4. The Balaban J connectivity index is 2.33. The molecule has 2 rings (SSSR count). The summed E-state index contributed by atoms with van der Waals surface area (Å²) in [5, 5.41) is 4.86. The first-order chi connectivity index (χ1) is 7.02. The number of rotatable bonds is 1. The zero-order valence-corrected chi connectivity index (χ0v) is 10.1. The van der Waals surface area contributed by atoms with Gasteiger partial charge in [-0.3, -0.25) is 0 Å². The van der Waals surface area contributed by atoms with Crippen LogP contribution in [0.1, 0.15) is 45.6 Å². The van der Waals surface area contributed by atoms with Crippen LogP contribution in [0.4, 0.5) is 5.82 Å². The Bertz CT molecular complexity index is 357. The van der Waals surface area contributed by atoms with Gasteiger partial charge in [-0.15, -0.1) is 0 Å². The maximum atomic E-state index is 5.93. The van der Waals surface area contributed by atoms with Gasteiger partial charge in [0.15, 0.2) is 0 Å². The number of anilines is 1. The fourth-order valence-corrected chi connectivity index (χ4v) is 2.66. The lowest BCUT2D eigenvalue weighted by atomic mass is 9.73. The number of aromatic nitrogens is 2. The summed E-state index contributed by atoms with van der Waals surface area (Å²) >= 11 is 5.93. The van der Waals surface area contributed by atoms with Crippen LogP contribution in [0.25, 0.3) is 0 Å². The van der Waals surface area contributed by atoms with E-state index >= 15 is 0 Å². The summed E-state index contributed by atoms with van der Waals surface area (Å²) in [5.74, 6) is 0.608. The highest BCUT2D eigenvalue weighted by Gasteiger charge is 2.35. The highest BCUT2D eigenvalue weighted by Crippen LogP contribution is 2.44. The van der Waals surface area contributed by atoms with Gasteiger partial charge in [-0.25, -0.2) is 4.68 Å². The summed E-state index contributed by atoms with van der Waals surface area (Å²) in [6.45, 7) is 4.57. The molecule has 0 aromatic carbocycles. The molecule has 3 nitrogen and oxygen atoms in total. The Morgan fingerprint density at radius 2 is 2.27 bits per heavy atom. The molecule has 0 aliphatic heterocycles. The van der Waals surface area contributed by atoms with Gasteiger partial charge in [-0.1, -0.05) is 38.3 Å². The summed E-state index contributed by atoms with van der Waals surface area (Å²) < 4.78 is 1.90. The number of hydrogen-bond acceptors (Lipinski definition) is 2. The molecule has 0 spiro atoms. The largest absolute Gasteiger partial charge is 0.383 e. The van der Waals surface area contributed by atoms with Gasteiger partial charge in [0.2, 0.25) is 0 Å². The van der Waals surface area contributed by atoms with Crippen molar-refractivity contribution in [3.8, 4) is 0 Å². The maximum absolute atomic E-state index is 5.93. The number of nitrogens with zero attached hydrogens (tertiary/aromatic N) is 2. The van der Waals surface area contributed by atoms with E-state index in [0.717, 1.165) is 6.42 Å². The van der Waals surface area contributed by atoms with Crippen LogP contribution >= 0.6 is 11.6 Å². The fraction of sp³-hybridized carbons (Fsp3) is 0.727. The van der Waals surface area contributed by atoms with E-state index in [0.29, 0.717) is 16.9 Å². The predicted molar refractivity (Wildman–Crippen MR) is 62.9 cm³/mol. The molecule has 1 fully saturated rings. The third-order valence-corrected chi connectivity index (χ3v) is 3.82. The topological polar surface area (TPSA) is 43.8 Å². The standard InChI is InChI=1S/C11H18ClN3/c1-11(2)6-4-3-5-9(11)15-10(13)8(12)7-14-15/h7,9H,3-6,13H2,1-2H3. The molecule has 0 radical (unpaired) electrons. The van der Waals surface area contributed by atoms with Crippen molar-refractivity contribution in [2.45, 2.75) is 45.6 Å². The highest BCUT2D eigenvalue weighted by molar-refractivity contribution is 6.32. The minimum Gasteiger partial charge on any atom is -0.383 e. The zero-order chi connectivity index (χ0) is 11.1. The minimum atomic E-state index is 0.266. The van der Waals surface area contributed by atoms with E-state index in [1.807, 2.05) is 4.68 Å². The van der Waals surface area contributed by atoms with Crippen molar-refractivity contribution in [1.29, 1.82) is 0 Å². The van der Waals surface area contributed by atoms with Gasteiger partial charge in [-0.2, -0.15) is 5.10 Å². The molecule has 4 heteroatoms. The quantitative estimate of drug-likeness (QED) is 0.801. The lowest BCUT2D eigenvalue weighted by Gasteiger charge is -2.38. The molecule has 15 heavy (non-hydrogen) atoms. The molecule has 84 valence electrons. The molecule has 0 bridgehead atoms. The Labute approximate surface area is 95.6 Å². The Kier molecular flexibility index (Phi) is 2.67. The molecule has 1 atom stereocenters. The first-order valence-electron chi connectivity index (χ1n) is 5.51. The second-order valence-corrected chi connectivity index (χ2v) is 5.48. The Morgan fingerprint density at radius 1 is 1.53 bits per heavy atom. The summed E-state index contributed by atoms with van der Waals surface area (Å²) in [6.07, 6.45) is 6.58. The number of nitrogens with two attached hydrogens (primary N) is 1. The third-order valence-electron chi connectivity index (χ3n) is 3.53. The van der Waals surface area contributed by atoms with Crippen LogP contribution in [0.15, 0.2) is 6.20 Å². The molecule has 0 amide bonds. The van der Waals surface area contributed by atoms with E-state index < -0.39 is 0 Å². The van der Waals surface area contributed by atoms with Crippen molar-refractivity contribution in [2.75, 3.05) is 5.73 Å². The average Bonchev–Trinajstić information content (AvgIpc) is 2.48. The summed E-state index contributed by atoms with van der Waals surface area (Å²) in [4.78, 5) is 0. The fourth-order valence-electron chi connectivity index (χ4n) is 2.53. The molecular formula is C11H18ClN3. The summed E-state index contributed by atoms with van der Waals surface area (Å²) in [5.41, 5.74) is 6.19. The van der Waals surface area contributed by atoms with Gasteiger partial charge in [0.05, 0.1) is 12.2 Å². The Morgan fingerprint density at radius 3 is 2.80 bits per heavy atom. The van der Waals surface area contributed by atoms with Gasteiger partial charge in [-0.05, 0) is 18.3 Å². The van der Waals surface area contributed by atoms with Gasteiger partial charge < -0.3 is 5.73 Å². The van der Waals surface area contributed by atoms with Crippen LogP contribution in [0, 0.1) is 5.41 Å². The van der Waals surface area contributed by atoms with Crippen molar-refractivity contribution >= 4 is 17.4 Å². The van der Waals surface area contributed by atoms with Crippen molar-refractivity contribution in [1.82, 2.24) is 9.78 Å². The van der Waals surface area contributed by atoms with E-state index in [1.165, 1.54) is 19.3 Å². The van der Waals surface area contributed by atoms with Gasteiger partial charge in [0, 0.05) is 0 Å². The Hall–Kier alpha value is -0.700. The molecule has 1 aliphatic carbocycles. The molecule has 1 aliphatic rings. The smallest absolute Gasteiger partial charge is 0.140 e. The monoisotopic (exact) mass is 227 g/mol. The van der Waals surface area contributed by atoms with E-state index in [-0.39, 0.29) is 5.41 Å². The van der Waals surface area contributed by atoms with Crippen molar-refractivity contribution in [3.63, 3.8) is 0 Å². The molecule has 1 unspecified atom stereocenters. The van der Waals surface area contributed by atoms with E-state index in [9.17, 15) is 0 Å². The lowest BCUT2D eigenvalue weighted by Crippen LogP contribution is -2.31.